The summed E-state index contributed by atoms with van der Waals surface area (Å²) in [5.41, 5.74) is 6.15. The summed E-state index contributed by atoms with van der Waals surface area (Å²) in [5, 5.41) is 11.3. The van der Waals surface area contributed by atoms with Crippen LogP contribution in [-0.4, -0.2) is 26.4 Å². The van der Waals surface area contributed by atoms with Crippen molar-refractivity contribution in [2.24, 2.45) is 12.1 Å². The van der Waals surface area contributed by atoms with Gasteiger partial charge in [0.1, 0.15) is 0 Å². The van der Waals surface area contributed by atoms with Crippen molar-refractivity contribution < 1.29 is 4.79 Å². The van der Waals surface area contributed by atoms with Crippen molar-refractivity contribution in [2.45, 2.75) is 20.8 Å². The Morgan fingerprint density at radius 2 is 2.12 bits per heavy atom. The highest BCUT2D eigenvalue weighted by Crippen LogP contribution is 2.22. The quantitative estimate of drug-likeness (QED) is 0.534. The van der Waals surface area contributed by atoms with Crippen LogP contribution in [0.25, 0.3) is 11.0 Å². The number of hydrogen-bond acceptors (Lipinski definition) is 5. The van der Waals surface area contributed by atoms with Gasteiger partial charge in [-0.1, -0.05) is 0 Å². The number of thiophene rings is 1. The predicted octanol–water partition coefficient (Wildman–Crippen LogP) is 3.56. The van der Waals surface area contributed by atoms with Crippen LogP contribution in [0.2, 0.25) is 0 Å². The minimum atomic E-state index is -0.267. The SMILES string of the molecule is C/C(=N/NC(=O)c1cc(C)nc2c1c(C)nn2C)c1cc(Br)cs1. The number of rotatable bonds is 3. The Balaban J connectivity index is 1.94. The third-order valence-corrected chi connectivity index (χ3v) is 5.39. The van der Waals surface area contributed by atoms with Crippen molar-refractivity contribution in [3.05, 3.63) is 43.8 Å². The van der Waals surface area contributed by atoms with Gasteiger partial charge >= 0.3 is 0 Å². The molecule has 0 aliphatic carbocycles. The van der Waals surface area contributed by atoms with E-state index in [1.165, 1.54) is 0 Å². The van der Waals surface area contributed by atoms with Gasteiger partial charge in [-0.05, 0) is 48.8 Å². The van der Waals surface area contributed by atoms with Gasteiger partial charge in [-0.2, -0.15) is 10.2 Å². The number of fused-ring (bicyclic) bond motifs is 1. The topological polar surface area (TPSA) is 72.2 Å². The first-order chi connectivity index (χ1) is 11.4. The first-order valence-corrected chi connectivity index (χ1v) is 8.94. The number of hydrogen-bond donors (Lipinski definition) is 1. The number of halogens is 1. The Morgan fingerprint density at radius 1 is 1.38 bits per heavy atom. The minimum absolute atomic E-state index is 0.267. The zero-order chi connectivity index (χ0) is 17.4. The zero-order valence-corrected chi connectivity index (χ0v) is 16.1. The van der Waals surface area contributed by atoms with Gasteiger partial charge in [0, 0.05) is 22.6 Å². The van der Waals surface area contributed by atoms with Gasteiger partial charge in [-0.3, -0.25) is 9.48 Å². The Bertz CT molecular complexity index is 972. The molecule has 3 aromatic rings. The predicted molar refractivity (Wildman–Crippen MR) is 99.7 cm³/mol. The van der Waals surface area contributed by atoms with E-state index in [0.717, 1.165) is 31.8 Å². The third kappa shape index (κ3) is 3.11. The number of pyridine rings is 1. The number of aryl methyl sites for hydroxylation is 3. The average molecular weight is 406 g/mol. The monoisotopic (exact) mass is 405 g/mol. The lowest BCUT2D eigenvalue weighted by molar-refractivity contribution is 0.0956. The average Bonchev–Trinajstić information content (AvgIpc) is 3.08. The van der Waals surface area contributed by atoms with Crippen LogP contribution in [0.1, 0.15) is 33.5 Å². The molecule has 0 atom stereocenters. The van der Waals surface area contributed by atoms with E-state index < -0.39 is 0 Å². The number of aromatic nitrogens is 3. The number of hydrazone groups is 1. The van der Waals surface area contributed by atoms with E-state index in [1.54, 1.807) is 22.1 Å². The largest absolute Gasteiger partial charge is 0.272 e. The van der Waals surface area contributed by atoms with Crippen LogP contribution in [-0.2, 0) is 7.05 Å². The molecule has 0 saturated carbocycles. The summed E-state index contributed by atoms with van der Waals surface area (Å²) in [4.78, 5) is 18.1. The maximum atomic E-state index is 12.6. The molecule has 24 heavy (non-hydrogen) atoms. The molecule has 0 spiro atoms. The van der Waals surface area contributed by atoms with Crippen molar-refractivity contribution in [3.8, 4) is 0 Å². The lowest BCUT2D eigenvalue weighted by Gasteiger charge is -2.05. The molecule has 0 bridgehead atoms. The fourth-order valence-electron chi connectivity index (χ4n) is 2.50. The second kappa shape index (κ2) is 6.45. The fraction of sp³-hybridized carbons (Fsp3) is 0.250. The summed E-state index contributed by atoms with van der Waals surface area (Å²) < 4.78 is 2.69. The number of amides is 1. The molecule has 1 amide bonds. The van der Waals surface area contributed by atoms with Crippen LogP contribution < -0.4 is 5.43 Å². The molecule has 0 aromatic carbocycles. The molecule has 124 valence electrons. The van der Waals surface area contributed by atoms with E-state index in [-0.39, 0.29) is 5.91 Å². The standard InChI is InChI=1S/C16H16BrN5OS/c1-8-5-12(14-10(3)21-22(4)15(14)18-8)16(23)20-19-9(2)13-6-11(17)7-24-13/h5-7H,1-4H3,(H,20,23)/b19-9-. The highest BCUT2D eigenvalue weighted by atomic mass is 79.9. The highest BCUT2D eigenvalue weighted by Gasteiger charge is 2.17. The van der Waals surface area contributed by atoms with Gasteiger partial charge in [-0.15, -0.1) is 11.3 Å². The Morgan fingerprint density at radius 3 is 2.79 bits per heavy atom. The number of nitrogens with zero attached hydrogens (tertiary/aromatic N) is 4. The summed E-state index contributed by atoms with van der Waals surface area (Å²) in [6, 6.07) is 3.73. The maximum absolute atomic E-state index is 12.6. The highest BCUT2D eigenvalue weighted by molar-refractivity contribution is 9.10. The summed E-state index contributed by atoms with van der Waals surface area (Å²) >= 11 is 4.98. The smallest absolute Gasteiger partial charge is 0.267 e. The van der Waals surface area contributed by atoms with Gasteiger partial charge < -0.3 is 0 Å². The van der Waals surface area contributed by atoms with Crippen LogP contribution in [0, 0.1) is 13.8 Å². The first-order valence-electron chi connectivity index (χ1n) is 7.27. The fourth-order valence-corrected chi connectivity index (χ4v) is 3.88. The van der Waals surface area contributed by atoms with E-state index in [1.807, 2.05) is 39.3 Å². The van der Waals surface area contributed by atoms with E-state index in [2.05, 4.69) is 36.5 Å². The molecule has 0 aliphatic heterocycles. The molecule has 3 aromatic heterocycles. The molecule has 0 radical (unpaired) electrons. The van der Waals surface area contributed by atoms with Crippen LogP contribution in [0.4, 0.5) is 0 Å². The second-order valence-corrected chi connectivity index (χ2v) is 7.31. The normalized spacial score (nSPS) is 12.0. The number of nitrogens with one attached hydrogen (secondary N) is 1. The van der Waals surface area contributed by atoms with Gasteiger partial charge in [0.15, 0.2) is 5.65 Å². The van der Waals surface area contributed by atoms with Crippen LogP contribution >= 0.6 is 27.3 Å². The maximum Gasteiger partial charge on any atom is 0.272 e. The Hall–Kier alpha value is -2.06. The van der Waals surface area contributed by atoms with Crippen LogP contribution in [0.15, 0.2) is 27.1 Å². The molecule has 3 heterocycles. The van der Waals surface area contributed by atoms with Crippen molar-refractivity contribution >= 4 is 49.9 Å². The minimum Gasteiger partial charge on any atom is -0.267 e. The molecular formula is C16H16BrN5OS. The molecular weight excluding hydrogens is 390 g/mol. The molecule has 8 heteroatoms. The molecule has 0 saturated heterocycles. The number of carbonyl (C=O) groups excluding carboxylic acids is 1. The lowest BCUT2D eigenvalue weighted by Crippen LogP contribution is -2.20. The second-order valence-electron chi connectivity index (χ2n) is 5.49. The van der Waals surface area contributed by atoms with Gasteiger partial charge in [0.25, 0.3) is 5.91 Å². The molecule has 0 fully saturated rings. The number of carbonyl (C=O) groups is 1. The van der Waals surface area contributed by atoms with Gasteiger partial charge in [0.05, 0.1) is 27.2 Å². The van der Waals surface area contributed by atoms with E-state index in [9.17, 15) is 4.79 Å². The third-order valence-electron chi connectivity index (χ3n) is 3.59. The molecule has 0 aliphatic rings. The van der Waals surface area contributed by atoms with Crippen LogP contribution in [0.5, 0.6) is 0 Å². The molecule has 0 unspecified atom stereocenters. The lowest BCUT2D eigenvalue weighted by atomic mass is 10.1. The van der Waals surface area contributed by atoms with Crippen LogP contribution in [0.3, 0.4) is 0 Å². The zero-order valence-electron chi connectivity index (χ0n) is 13.7. The summed E-state index contributed by atoms with van der Waals surface area (Å²) in [5.74, 6) is -0.267. The van der Waals surface area contributed by atoms with E-state index in [4.69, 9.17) is 0 Å². The van der Waals surface area contributed by atoms with Gasteiger partial charge in [0.2, 0.25) is 0 Å². The van der Waals surface area contributed by atoms with Gasteiger partial charge in [-0.25, -0.2) is 10.4 Å². The summed E-state index contributed by atoms with van der Waals surface area (Å²) in [6.07, 6.45) is 0. The Labute approximate surface area is 151 Å². The molecule has 3 rings (SSSR count). The van der Waals surface area contributed by atoms with Crippen molar-refractivity contribution in [2.75, 3.05) is 0 Å². The Kier molecular flexibility index (Phi) is 4.51. The van der Waals surface area contributed by atoms with Crippen molar-refractivity contribution in [1.29, 1.82) is 0 Å². The first kappa shape index (κ1) is 16.8. The molecule has 1 N–H and O–H groups in total. The van der Waals surface area contributed by atoms with Crippen molar-refractivity contribution in [3.63, 3.8) is 0 Å². The summed E-state index contributed by atoms with van der Waals surface area (Å²) in [6.45, 7) is 5.59. The summed E-state index contributed by atoms with van der Waals surface area (Å²) in [7, 11) is 1.82. The van der Waals surface area contributed by atoms with Crippen molar-refractivity contribution in [1.82, 2.24) is 20.2 Å². The van der Waals surface area contributed by atoms with E-state index in [0.29, 0.717) is 11.2 Å². The van der Waals surface area contributed by atoms with E-state index >= 15 is 0 Å². The molecule has 6 nitrogen and oxygen atoms in total.